The largest absolute Gasteiger partial charge is 0.480 e. The standard InChI is InChI=1S/C20H27N3O5/c1-12(2)10-16(20(27)28)23-19(26)15(11-13-6-4-3-5-7-13)22-18(25)14-8-9-17(24)21-14/h3-7,12,14-16H,8-11H2,1-2H3,(H,21,24)(H,22,25)(H,23,26)(H,27,28)/t14-,15?,16?/m0/s1. The van der Waals surface area contributed by atoms with E-state index in [9.17, 15) is 24.3 Å². The topological polar surface area (TPSA) is 125 Å². The van der Waals surface area contributed by atoms with Gasteiger partial charge in [-0.05, 0) is 24.3 Å². The molecule has 2 rings (SSSR count). The highest BCUT2D eigenvalue weighted by molar-refractivity contribution is 5.95. The molecule has 8 heteroatoms. The van der Waals surface area contributed by atoms with E-state index in [-0.39, 0.29) is 31.1 Å². The average Bonchev–Trinajstić information content (AvgIpc) is 3.07. The Morgan fingerprint density at radius 3 is 2.36 bits per heavy atom. The van der Waals surface area contributed by atoms with E-state index in [0.717, 1.165) is 5.56 Å². The maximum atomic E-state index is 12.8. The lowest BCUT2D eigenvalue weighted by Gasteiger charge is -2.23. The first-order valence-electron chi connectivity index (χ1n) is 9.43. The van der Waals surface area contributed by atoms with E-state index in [2.05, 4.69) is 16.0 Å². The maximum absolute atomic E-state index is 12.8. The molecular formula is C20H27N3O5. The Bertz CT molecular complexity index is 720. The summed E-state index contributed by atoms with van der Waals surface area (Å²) < 4.78 is 0. The summed E-state index contributed by atoms with van der Waals surface area (Å²) in [4.78, 5) is 48.1. The highest BCUT2D eigenvalue weighted by Gasteiger charge is 2.32. The second-order valence-corrected chi connectivity index (χ2v) is 7.44. The van der Waals surface area contributed by atoms with Crippen LogP contribution >= 0.6 is 0 Å². The summed E-state index contributed by atoms with van der Waals surface area (Å²) in [6.45, 7) is 3.74. The fourth-order valence-electron chi connectivity index (χ4n) is 3.11. The van der Waals surface area contributed by atoms with Crippen molar-refractivity contribution in [1.82, 2.24) is 16.0 Å². The fraction of sp³-hybridized carbons (Fsp3) is 0.500. The number of hydrogen-bond donors (Lipinski definition) is 4. The average molecular weight is 389 g/mol. The van der Waals surface area contributed by atoms with Gasteiger partial charge in [-0.2, -0.15) is 0 Å². The molecule has 0 spiro atoms. The molecule has 8 nitrogen and oxygen atoms in total. The number of nitrogens with one attached hydrogen (secondary N) is 3. The molecule has 0 aliphatic carbocycles. The molecule has 3 amide bonds. The molecule has 4 N–H and O–H groups in total. The Balaban J connectivity index is 2.11. The normalized spacial score (nSPS) is 18.2. The minimum Gasteiger partial charge on any atom is -0.480 e. The third-order valence-corrected chi connectivity index (χ3v) is 4.55. The van der Waals surface area contributed by atoms with Crippen LogP contribution in [0.1, 0.15) is 38.7 Å². The molecule has 152 valence electrons. The number of aliphatic carboxylic acids is 1. The van der Waals surface area contributed by atoms with Crippen molar-refractivity contribution in [3.05, 3.63) is 35.9 Å². The van der Waals surface area contributed by atoms with Crippen LogP contribution in [-0.4, -0.2) is 46.9 Å². The number of rotatable bonds is 9. The molecule has 1 fully saturated rings. The van der Waals surface area contributed by atoms with Crippen LogP contribution in [0.2, 0.25) is 0 Å². The Morgan fingerprint density at radius 1 is 1.14 bits per heavy atom. The second kappa shape index (κ2) is 9.87. The van der Waals surface area contributed by atoms with Gasteiger partial charge in [0, 0.05) is 12.8 Å². The lowest BCUT2D eigenvalue weighted by Crippen LogP contribution is -2.55. The van der Waals surface area contributed by atoms with Gasteiger partial charge in [0.15, 0.2) is 0 Å². The van der Waals surface area contributed by atoms with Crippen molar-refractivity contribution in [2.75, 3.05) is 0 Å². The molecule has 2 unspecified atom stereocenters. The SMILES string of the molecule is CC(C)CC(NC(=O)C(Cc1ccccc1)NC(=O)[C@@H]1CCC(=O)N1)C(=O)O. The number of carbonyl (C=O) groups is 4. The van der Waals surface area contributed by atoms with Crippen LogP contribution in [0.5, 0.6) is 0 Å². The molecule has 1 aromatic rings. The predicted octanol–water partition coefficient (Wildman–Crippen LogP) is 0.608. The van der Waals surface area contributed by atoms with Crippen molar-refractivity contribution in [3.63, 3.8) is 0 Å². The van der Waals surface area contributed by atoms with Crippen molar-refractivity contribution < 1.29 is 24.3 Å². The smallest absolute Gasteiger partial charge is 0.326 e. The van der Waals surface area contributed by atoms with Crippen molar-refractivity contribution in [3.8, 4) is 0 Å². The number of amides is 3. The van der Waals surface area contributed by atoms with E-state index < -0.39 is 35.9 Å². The van der Waals surface area contributed by atoms with Crippen molar-refractivity contribution >= 4 is 23.7 Å². The fourth-order valence-corrected chi connectivity index (χ4v) is 3.11. The predicted molar refractivity (Wildman–Crippen MR) is 102 cm³/mol. The van der Waals surface area contributed by atoms with E-state index >= 15 is 0 Å². The Kier molecular flexibility index (Phi) is 7.54. The van der Waals surface area contributed by atoms with E-state index in [4.69, 9.17) is 0 Å². The number of benzene rings is 1. The molecule has 28 heavy (non-hydrogen) atoms. The van der Waals surface area contributed by atoms with Crippen LogP contribution in [0, 0.1) is 5.92 Å². The molecular weight excluding hydrogens is 362 g/mol. The lowest BCUT2D eigenvalue weighted by atomic mass is 10.0. The zero-order valence-corrected chi connectivity index (χ0v) is 16.1. The second-order valence-electron chi connectivity index (χ2n) is 7.44. The summed E-state index contributed by atoms with van der Waals surface area (Å²) in [7, 11) is 0. The van der Waals surface area contributed by atoms with Crippen molar-refractivity contribution in [2.24, 2.45) is 5.92 Å². The summed E-state index contributed by atoms with van der Waals surface area (Å²) >= 11 is 0. The number of hydrogen-bond acceptors (Lipinski definition) is 4. The van der Waals surface area contributed by atoms with Gasteiger partial charge in [-0.25, -0.2) is 4.79 Å². The Morgan fingerprint density at radius 2 is 1.82 bits per heavy atom. The van der Waals surface area contributed by atoms with Gasteiger partial charge in [-0.1, -0.05) is 44.2 Å². The zero-order valence-electron chi connectivity index (χ0n) is 16.1. The summed E-state index contributed by atoms with van der Waals surface area (Å²) in [5.74, 6) is -2.24. The number of carboxylic acid groups (broad SMARTS) is 1. The van der Waals surface area contributed by atoms with E-state index in [1.807, 2.05) is 44.2 Å². The quantitative estimate of drug-likeness (QED) is 0.492. The van der Waals surface area contributed by atoms with Crippen LogP contribution in [0.15, 0.2) is 30.3 Å². The monoisotopic (exact) mass is 389 g/mol. The molecule has 1 aromatic carbocycles. The molecule has 1 saturated heterocycles. The van der Waals surface area contributed by atoms with Crippen molar-refractivity contribution in [1.29, 1.82) is 0 Å². The van der Waals surface area contributed by atoms with Gasteiger partial charge in [-0.3, -0.25) is 14.4 Å². The number of carbonyl (C=O) groups excluding carboxylic acids is 3. The summed E-state index contributed by atoms with van der Waals surface area (Å²) in [6, 6.07) is 6.48. The summed E-state index contributed by atoms with van der Waals surface area (Å²) in [5, 5.41) is 17.1. The van der Waals surface area contributed by atoms with Gasteiger partial charge in [0.05, 0.1) is 0 Å². The first kappa shape index (κ1) is 21.4. The molecule has 0 radical (unpaired) electrons. The third kappa shape index (κ3) is 6.37. The summed E-state index contributed by atoms with van der Waals surface area (Å²) in [6.07, 6.45) is 1.14. The minimum absolute atomic E-state index is 0.0808. The van der Waals surface area contributed by atoms with Crippen LogP contribution in [-0.2, 0) is 25.6 Å². The van der Waals surface area contributed by atoms with Crippen LogP contribution in [0.3, 0.4) is 0 Å². The summed E-state index contributed by atoms with van der Waals surface area (Å²) in [5.41, 5.74) is 0.828. The molecule has 1 aliphatic heterocycles. The minimum atomic E-state index is -1.12. The zero-order chi connectivity index (χ0) is 20.7. The third-order valence-electron chi connectivity index (χ3n) is 4.55. The van der Waals surface area contributed by atoms with Crippen LogP contribution in [0.25, 0.3) is 0 Å². The van der Waals surface area contributed by atoms with E-state index in [1.165, 1.54) is 0 Å². The molecule has 0 saturated carbocycles. The molecule has 1 heterocycles. The first-order chi connectivity index (χ1) is 13.3. The van der Waals surface area contributed by atoms with Gasteiger partial charge >= 0.3 is 5.97 Å². The molecule has 1 aliphatic rings. The highest BCUT2D eigenvalue weighted by atomic mass is 16.4. The van der Waals surface area contributed by atoms with E-state index in [0.29, 0.717) is 6.42 Å². The highest BCUT2D eigenvalue weighted by Crippen LogP contribution is 2.10. The van der Waals surface area contributed by atoms with Gasteiger partial charge in [0.25, 0.3) is 0 Å². The van der Waals surface area contributed by atoms with Gasteiger partial charge in [0.1, 0.15) is 18.1 Å². The Labute approximate surface area is 164 Å². The first-order valence-corrected chi connectivity index (χ1v) is 9.43. The van der Waals surface area contributed by atoms with Crippen LogP contribution in [0.4, 0.5) is 0 Å². The van der Waals surface area contributed by atoms with Gasteiger partial charge in [0.2, 0.25) is 17.7 Å². The maximum Gasteiger partial charge on any atom is 0.326 e. The van der Waals surface area contributed by atoms with Crippen molar-refractivity contribution in [2.45, 2.75) is 57.7 Å². The number of carboxylic acids is 1. The van der Waals surface area contributed by atoms with Crippen LogP contribution < -0.4 is 16.0 Å². The Hall–Kier alpha value is -2.90. The van der Waals surface area contributed by atoms with Gasteiger partial charge in [-0.15, -0.1) is 0 Å². The van der Waals surface area contributed by atoms with E-state index in [1.54, 1.807) is 0 Å². The molecule has 0 aromatic heterocycles. The van der Waals surface area contributed by atoms with Gasteiger partial charge < -0.3 is 21.1 Å². The lowest BCUT2D eigenvalue weighted by molar-refractivity contribution is -0.142. The molecule has 0 bridgehead atoms. The molecule has 3 atom stereocenters.